The van der Waals surface area contributed by atoms with E-state index >= 15 is 0 Å². The van der Waals surface area contributed by atoms with Gasteiger partial charge in [-0.15, -0.1) is 0 Å². The lowest BCUT2D eigenvalue weighted by molar-refractivity contribution is -0.134. The van der Waals surface area contributed by atoms with Crippen molar-refractivity contribution in [2.24, 2.45) is 5.73 Å². The number of hydrogen-bond donors (Lipinski definition) is 2. The van der Waals surface area contributed by atoms with Crippen molar-refractivity contribution in [2.45, 2.75) is 19.1 Å². The molecule has 1 fully saturated rings. The van der Waals surface area contributed by atoms with Crippen molar-refractivity contribution in [3.63, 3.8) is 0 Å². The second kappa shape index (κ2) is 8.45. The summed E-state index contributed by atoms with van der Waals surface area (Å²) in [6, 6.07) is 16.9. The van der Waals surface area contributed by atoms with E-state index in [0.29, 0.717) is 19.6 Å². The minimum Gasteiger partial charge on any atom is -0.387 e. The smallest absolute Gasteiger partial charge is 0.244 e. The third-order valence-electron chi connectivity index (χ3n) is 5.00. The van der Waals surface area contributed by atoms with Crippen LogP contribution in [0.25, 0.3) is 0 Å². The topological polar surface area (TPSA) is 69.8 Å². The van der Waals surface area contributed by atoms with E-state index in [1.165, 1.54) is 0 Å². The number of amides is 1. The van der Waals surface area contributed by atoms with Crippen LogP contribution in [-0.2, 0) is 4.79 Å². The fourth-order valence-electron chi connectivity index (χ4n) is 3.29. The van der Waals surface area contributed by atoms with Crippen molar-refractivity contribution in [1.29, 1.82) is 0 Å². The van der Waals surface area contributed by atoms with E-state index in [0.717, 1.165) is 29.8 Å². The summed E-state index contributed by atoms with van der Waals surface area (Å²) in [5.41, 5.74) is 9.09. The second-order valence-corrected chi connectivity index (χ2v) is 6.94. The molecule has 1 aliphatic heterocycles. The molecular formula is C21H27N3O2. The number of carbonyl (C=O) groups is 1. The van der Waals surface area contributed by atoms with Crippen molar-refractivity contribution < 1.29 is 9.90 Å². The zero-order valence-corrected chi connectivity index (χ0v) is 15.2. The second-order valence-electron chi connectivity index (χ2n) is 6.94. The van der Waals surface area contributed by atoms with Crippen LogP contribution in [0.4, 0.5) is 0 Å². The minimum atomic E-state index is -0.614. The number of carbonyl (C=O) groups excluding carboxylic acids is 1. The van der Waals surface area contributed by atoms with Gasteiger partial charge in [0.25, 0.3) is 0 Å². The monoisotopic (exact) mass is 353 g/mol. The van der Waals surface area contributed by atoms with Crippen LogP contribution < -0.4 is 5.73 Å². The highest BCUT2D eigenvalue weighted by atomic mass is 16.3. The summed E-state index contributed by atoms with van der Waals surface area (Å²) in [4.78, 5) is 16.7. The number of benzene rings is 2. The predicted molar refractivity (Wildman–Crippen MR) is 103 cm³/mol. The van der Waals surface area contributed by atoms with Crippen LogP contribution in [0.1, 0.15) is 28.8 Å². The third kappa shape index (κ3) is 4.49. The first-order valence-corrected chi connectivity index (χ1v) is 9.11. The van der Waals surface area contributed by atoms with Crippen LogP contribution >= 0.6 is 0 Å². The molecular weight excluding hydrogens is 326 g/mol. The van der Waals surface area contributed by atoms with Crippen molar-refractivity contribution in [2.75, 3.05) is 32.7 Å². The molecule has 5 heteroatoms. The van der Waals surface area contributed by atoms with Gasteiger partial charge in [0.05, 0.1) is 6.10 Å². The van der Waals surface area contributed by atoms with Crippen molar-refractivity contribution in [3.05, 3.63) is 71.3 Å². The molecule has 0 radical (unpaired) electrons. The number of aliphatic hydroxyl groups excluding tert-OH is 1. The molecule has 138 valence electrons. The molecule has 0 aliphatic carbocycles. The molecule has 3 N–H and O–H groups in total. The molecule has 2 unspecified atom stereocenters. The van der Waals surface area contributed by atoms with E-state index in [2.05, 4.69) is 4.90 Å². The van der Waals surface area contributed by atoms with Crippen LogP contribution in [-0.4, -0.2) is 53.5 Å². The summed E-state index contributed by atoms with van der Waals surface area (Å²) < 4.78 is 0. The first kappa shape index (κ1) is 18.6. The lowest BCUT2D eigenvalue weighted by atomic mass is 10.0. The predicted octanol–water partition coefficient (Wildman–Crippen LogP) is 1.87. The molecule has 1 aliphatic rings. The SMILES string of the molecule is Cc1ccc(C(N)C(=O)N2CCN(CC(O)c3ccccc3)CC2)cc1. The van der Waals surface area contributed by atoms with Crippen molar-refractivity contribution in [1.82, 2.24) is 9.80 Å². The van der Waals surface area contributed by atoms with Gasteiger partial charge in [0.2, 0.25) is 5.91 Å². The molecule has 3 rings (SSSR count). The maximum atomic E-state index is 12.7. The number of rotatable bonds is 5. The van der Waals surface area contributed by atoms with Gasteiger partial charge in [-0.25, -0.2) is 0 Å². The third-order valence-corrected chi connectivity index (χ3v) is 5.00. The molecule has 0 aromatic heterocycles. The van der Waals surface area contributed by atoms with Gasteiger partial charge in [-0.1, -0.05) is 60.2 Å². The Labute approximate surface area is 155 Å². The highest BCUT2D eigenvalue weighted by Gasteiger charge is 2.27. The van der Waals surface area contributed by atoms with Crippen LogP contribution in [0.15, 0.2) is 54.6 Å². The van der Waals surface area contributed by atoms with Gasteiger partial charge in [-0.3, -0.25) is 9.69 Å². The minimum absolute atomic E-state index is 0.0305. The van der Waals surface area contributed by atoms with Gasteiger partial charge in [0, 0.05) is 32.7 Å². The summed E-state index contributed by atoms with van der Waals surface area (Å²) in [6.45, 7) is 5.36. The van der Waals surface area contributed by atoms with Gasteiger partial charge in [0.1, 0.15) is 6.04 Å². The summed E-state index contributed by atoms with van der Waals surface area (Å²) in [5, 5.41) is 10.4. The van der Waals surface area contributed by atoms with Gasteiger partial charge < -0.3 is 15.7 Å². The molecule has 0 spiro atoms. The fraction of sp³-hybridized carbons (Fsp3) is 0.381. The van der Waals surface area contributed by atoms with Crippen LogP contribution in [0.2, 0.25) is 0 Å². The van der Waals surface area contributed by atoms with Gasteiger partial charge >= 0.3 is 0 Å². The Morgan fingerprint density at radius 3 is 2.23 bits per heavy atom. The fourth-order valence-corrected chi connectivity index (χ4v) is 3.29. The zero-order valence-electron chi connectivity index (χ0n) is 15.2. The Hall–Kier alpha value is -2.21. The Bertz CT molecular complexity index is 710. The van der Waals surface area contributed by atoms with Crippen molar-refractivity contribution in [3.8, 4) is 0 Å². The number of hydrogen-bond acceptors (Lipinski definition) is 4. The number of piperazine rings is 1. The molecule has 1 heterocycles. The normalized spacial score (nSPS) is 17.7. The largest absolute Gasteiger partial charge is 0.387 e. The van der Waals surface area contributed by atoms with Crippen molar-refractivity contribution >= 4 is 5.91 Å². The van der Waals surface area contributed by atoms with E-state index in [1.807, 2.05) is 66.4 Å². The molecule has 2 aromatic carbocycles. The molecule has 5 nitrogen and oxygen atoms in total. The molecule has 0 bridgehead atoms. The number of nitrogens with two attached hydrogens (primary N) is 1. The molecule has 1 amide bonds. The van der Waals surface area contributed by atoms with E-state index in [1.54, 1.807) is 0 Å². The lowest BCUT2D eigenvalue weighted by Gasteiger charge is -2.36. The Morgan fingerprint density at radius 2 is 1.62 bits per heavy atom. The van der Waals surface area contributed by atoms with E-state index in [4.69, 9.17) is 5.73 Å². The van der Waals surface area contributed by atoms with E-state index in [-0.39, 0.29) is 5.91 Å². The standard InChI is InChI=1S/C21H27N3O2/c1-16-7-9-18(10-8-16)20(22)21(26)24-13-11-23(12-14-24)15-19(25)17-5-3-2-4-6-17/h2-10,19-20,25H,11-15,22H2,1H3. The maximum Gasteiger partial charge on any atom is 0.244 e. The Morgan fingerprint density at radius 1 is 1.00 bits per heavy atom. The van der Waals surface area contributed by atoms with Gasteiger partial charge in [0.15, 0.2) is 0 Å². The summed E-state index contributed by atoms with van der Waals surface area (Å²) in [7, 11) is 0. The van der Waals surface area contributed by atoms with E-state index in [9.17, 15) is 9.90 Å². The molecule has 2 atom stereocenters. The molecule has 0 saturated carbocycles. The van der Waals surface area contributed by atoms with Gasteiger partial charge in [-0.2, -0.15) is 0 Å². The Kier molecular flexibility index (Phi) is 6.04. The van der Waals surface area contributed by atoms with Gasteiger partial charge in [-0.05, 0) is 18.1 Å². The molecule has 26 heavy (non-hydrogen) atoms. The first-order chi connectivity index (χ1) is 12.5. The number of aryl methyl sites for hydroxylation is 1. The first-order valence-electron chi connectivity index (χ1n) is 9.11. The average Bonchev–Trinajstić information content (AvgIpc) is 2.69. The van der Waals surface area contributed by atoms with Crippen LogP contribution in [0, 0.1) is 6.92 Å². The average molecular weight is 353 g/mol. The number of β-amino-alcohol motifs (C(OH)–C–C–N with tert-alkyl or cyclic N) is 1. The highest BCUT2D eigenvalue weighted by molar-refractivity contribution is 5.83. The summed E-state index contributed by atoms with van der Waals surface area (Å²) >= 11 is 0. The Balaban J connectivity index is 1.51. The molecule has 1 saturated heterocycles. The summed E-state index contributed by atoms with van der Waals surface area (Å²) in [6.07, 6.45) is -0.506. The molecule has 2 aromatic rings. The van der Waals surface area contributed by atoms with Crippen LogP contribution in [0.3, 0.4) is 0 Å². The van der Waals surface area contributed by atoms with E-state index < -0.39 is 12.1 Å². The summed E-state index contributed by atoms with van der Waals surface area (Å²) in [5.74, 6) is -0.0305. The van der Waals surface area contributed by atoms with Crippen LogP contribution in [0.5, 0.6) is 0 Å². The maximum absolute atomic E-state index is 12.7. The lowest BCUT2D eigenvalue weighted by Crippen LogP contribution is -2.51. The zero-order chi connectivity index (χ0) is 18.5. The number of aliphatic hydroxyl groups is 1. The number of nitrogens with zero attached hydrogens (tertiary/aromatic N) is 2. The highest BCUT2D eigenvalue weighted by Crippen LogP contribution is 2.18. The quantitative estimate of drug-likeness (QED) is 0.861.